The average Bonchev–Trinajstić information content (AvgIpc) is 3.12. The van der Waals surface area contributed by atoms with Gasteiger partial charge in [0.15, 0.2) is 0 Å². The fourth-order valence-corrected chi connectivity index (χ4v) is 3.57. The Kier molecular flexibility index (Phi) is 3.72. The van der Waals surface area contributed by atoms with Gasteiger partial charge in [0.2, 0.25) is 0 Å². The molecule has 23 heavy (non-hydrogen) atoms. The van der Waals surface area contributed by atoms with Crippen molar-refractivity contribution in [2.45, 2.75) is 6.42 Å². The molecule has 1 aromatic heterocycles. The van der Waals surface area contributed by atoms with Gasteiger partial charge in [-0.1, -0.05) is 40.9 Å². The predicted molar refractivity (Wildman–Crippen MR) is 96.2 cm³/mol. The lowest BCUT2D eigenvalue weighted by Gasteiger charge is -2.07. The summed E-state index contributed by atoms with van der Waals surface area (Å²) in [6.45, 7) is 0.871. The van der Waals surface area contributed by atoms with Gasteiger partial charge in [0.05, 0.1) is 15.7 Å². The fourth-order valence-electron chi connectivity index (χ4n) is 2.87. The van der Waals surface area contributed by atoms with Crippen molar-refractivity contribution in [1.29, 1.82) is 0 Å². The molecule has 3 aromatic rings. The lowest BCUT2D eigenvalue weighted by molar-refractivity contribution is 0.882. The maximum atomic E-state index is 6.37. The molecule has 0 fully saturated rings. The average molecular weight is 365 g/mol. The summed E-state index contributed by atoms with van der Waals surface area (Å²) in [5.41, 5.74) is 3.68. The highest BCUT2D eigenvalue weighted by Gasteiger charge is 2.26. The topological polar surface area (TPSA) is 29.9 Å². The number of rotatable bonds is 2. The largest absolute Gasteiger partial charge is 0.369 e. The Balaban J connectivity index is 1.93. The predicted octanol–water partition coefficient (Wildman–Crippen LogP) is 5.47. The molecule has 0 atom stereocenters. The van der Waals surface area contributed by atoms with Crippen LogP contribution in [0.5, 0.6) is 0 Å². The number of hydrogen-bond acceptors (Lipinski definition) is 2. The lowest BCUT2D eigenvalue weighted by Crippen LogP contribution is -2.04. The minimum absolute atomic E-state index is 0.605. The van der Waals surface area contributed by atoms with E-state index in [-0.39, 0.29) is 0 Å². The van der Waals surface area contributed by atoms with Crippen molar-refractivity contribution in [2.24, 2.45) is 0 Å². The molecule has 3 nitrogen and oxygen atoms in total. The van der Waals surface area contributed by atoms with Crippen LogP contribution in [0, 0.1) is 0 Å². The van der Waals surface area contributed by atoms with Crippen LogP contribution in [0.2, 0.25) is 15.1 Å². The molecule has 0 saturated heterocycles. The standard InChI is InChI=1S/C17H12Cl3N3/c18-10-4-6-11(7-5-10)23-17-12(8-9-21-17)16(22-23)15-13(19)2-1-3-14(15)20/h1-7,21H,8-9H2. The Morgan fingerprint density at radius 3 is 2.35 bits per heavy atom. The van der Waals surface area contributed by atoms with Gasteiger partial charge in [-0.05, 0) is 42.8 Å². The van der Waals surface area contributed by atoms with E-state index in [2.05, 4.69) is 5.32 Å². The third-order valence-electron chi connectivity index (χ3n) is 3.92. The minimum Gasteiger partial charge on any atom is -0.369 e. The van der Waals surface area contributed by atoms with E-state index in [1.165, 1.54) is 0 Å². The number of anilines is 1. The Morgan fingerprint density at radius 1 is 0.957 bits per heavy atom. The summed E-state index contributed by atoms with van der Waals surface area (Å²) in [5, 5.41) is 10.1. The number of aromatic nitrogens is 2. The molecule has 2 heterocycles. The second kappa shape index (κ2) is 5.75. The van der Waals surface area contributed by atoms with E-state index in [4.69, 9.17) is 39.9 Å². The zero-order chi connectivity index (χ0) is 16.0. The van der Waals surface area contributed by atoms with Crippen molar-refractivity contribution < 1.29 is 0 Å². The normalized spacial score (nSPS) is 13.0. The highest BCUT2D eigenvalue weighted by Crippen LogP contribution is 2.40. The first-order chi connectivity index (χ1) is 11.1. The van der Waals surface area contributed by atoms with Gasteiger partial charge in [0, 0.05) is 22.7 Å². The summed E-state index contributed by atoms with van der Waals surface area (Å²) in [7, 11) is 0. The van der Waals surface area contributed by atoms with Gasteiger partial charge < -0.3 is 5.32 Å². The Bertz CT molecular complexity index is 865. The van der Waals surface area contributed by atoms with Crippen molar-refractivity contribution in [3.8, 4) is 16.9 Å². The van der Waals surface area contributed by atoms with Crippen molar-refractivity contribution in [3.63, 3.8) is 0 Å². The summed E-state index contributed by atoms with van der Waals surface area (Å²) in [6, 6.07) is 13.1. The zero-order valence-corrected chi connectivity index (χ0v) is 14.3. The number of nitrogens with zero attached hydrogens (tertiary/aromatic N) is 2. The molecule has 0 aliphatic carbocycles. The van der Waals surface area contributed by atoms with Gasteiger partial charge in [-0.25, -0.2) is 4.68 Å². The molecule has 6 heteroatoms. The van der Waals surface area contributed by atoms with E-state index < -0.39 is 0 Å². The van der Waals surface area contributed by atoms with Gasteiger partial charge in [0.1, 0.15) is 11.5 Å². The van der Waals surface area contributed by atoms with E-state index in [0.29, 0.717) is 15.1 Å². The summed E-state index contributed by atoms with van der Waals surface area (Å²) >= 11 is 18.7. The van der Waals surface area contributed by atoms with Crippen molar-refractivity contribution in [1.82, 2.24) is 9.78 Å². The van der Waals surface area contributed by atoms with Crippen LogP contribution in [0.3, 0.4) is 0 Å². The highest BCUT2D eigenvalue weighted by atomic mass is 35.5. The third-order valence-corrected chi connectivity index (χ3v) is 4.80. The third kappa shape index (κ3) is 2.49. The van der Waals surface area contributed by atoms with E-state index in [9.17, 15) is 0 Å². The molecule has 0 amide bonds. The van der Waals surface area contributed by atoms with Crippen molar-refractivity contribution >= 4 is 40.6 Å². The number of fused-ring (bicyclic) bond motifs is 1. The Hall–Kier alpha value is -1.68. The molecule has 4 rings (SSSR count). The number of halogens is 3. The maximum absolute atomic E-state index is 6.37. The first kappa shape index (κ1) is 14.9. The van der Waals surface area contributed by atoms with E-state index in [1.54, 1.807) is 0 Å². The van der Waals surface area contributed by atoms with Crippen molar-refractivity contribution in [2.75, 3.05) is 11.9 Å². The van der Waals surface area contributed by atoms with Crippen LogP contribution < -0.4 is 5.32 Å². The number of benzene rings is 2. The quantitative estimate of drug-likeness (QED) is 0.653. The summed E-state index contributed by atoms with van der Waals surface area (Å²) in [5.74, 6) is 0.985. The molecule has 116 valence electrons. The van der Waals surface area contributed by atoms with Gasteiger partial charge >= 0.3 is 0 Å². The van der Waals surface area contributed by atoms with Gasteiger partial charge in [-0.2, -0.15) is 5.10 Å². The first-order valence-electron chi connectivity index (χ1n) is 7.21. The van der Waals surface area contributed by atoms with Crippen LogP contribution in [-0.4, -0.2) is 16.3 Å². The molecule has 1 N–H and O–H groups in total. The molecule has 0 bridgehead atoms. The smallest absolute Gasteiger partial charge is 0.133 e. The summed E-state index contributed by atoms with van der Waals surface area (Å²) in [4.78, 5) is 0. The number of nitrogens with one attached hydrogen (secondary N) is 1. The van der Waals surface area contributed by atoms with Crippen LogP contribution in [-0.2, 0) is 6.42 Å². The highest BCUT2D eigenvalue weighted by molar-refractivity contribution is 6.39. The summed E-state index contributed by atoms with van der Waals surface area (Å²) in [6.07, 6.45) is 0.889. The van der Waals surface area contributed by atoms with Crippen LogP contribution >= 0.6 is 34.8 Å². The summed E-state index contributed by atoms with van der Waals surface area (Å²) < 4.78 is 1.88. The molecule has 2 aromatic carbocycles. The second-order valence-electron chi connectivity index (χ2n) is 5.34. The van der Waals surface area contributed by atoms with E-state index in [0.717, 1.165) is 41.3 Å². The molecule has 0 spiro atoms. The monoisotopic (exact) mass is 363 g/mol. The van der Waals surface area contributed by atoms with Crippen LogP contribution in [0.15, 0.2) is 42.5 Å². The molecule has 1 aliphatic heterocycles. The van der Waals surface area contributed by atoms with Crippen LogP contribution in [0.25, 0.3) is 16.9 Å². The Labute approximate surface area is 148 Å². The number of hydrogen-bond donors (Lipinski definition) is 1. The van der Waals surface area contributed by atoms with Gasteiger partial charge in [-0.15, -0.1) is 0 Å². The second-order valence-corrected chi connectivity index (χ2v) is 6.59. The fraction of sp³-hybridized carbons (Fsp3) is 0.118. The molecule has 0 saturated carbocycles. The van der Waals surface area contributed by atoms with E-state index >= 15 is 0 Å². The molecular weight excluding hydrogens is 353 g/mol. The molecule has 0 radical (unpaired) electrons. The molecule has 1 aliphatic rings. The maximum Gasteiger partial charge on any atom is 0.133 e. The van der Waals surface area contributed by atoms with Crippen molar-refractivity contribution in [3.05, 3.63) is 63.1 Å². The lowest BCUT2D eigenvalue weighted by atomic mass is 10.1. The molecule has 0 unspecified atom stereocenters. The van der Waals surface area contributed by atoms with Gasteiger partial charge in [-0.3, -0.25) is 0 Å². The Morgan fingerprint density at radius 2 is 1.65 bits per heavy atom. The zero-order valence-electron chi connectivity index (χ0n) is 12.0. The van der Waals surface area contributed by atoms with Crippen LogP contribution in [0.4, 0.5) is 5.82 Å². The SMILES string of the molecule is Clc1ccc(-n2nc(-c3c(Cl)cccc3Cl)c3c2NCC3)cc1. The van der Waals surface area contributed by atoms with E-state index in [1.807, 2.05) is 47.1 Å². The first-order valence-corrected chi connectivity index (χ1v) is 8.34. The van der Waals surface area contributed by atoms with Crippen LogP contribution in [0.1, 0.15) is 5.56 Å². The molecular formula is C17H12Cl3N3. The van der Waals surface area contributed by atoms with Gasteiger partial charge in [0.25, 0.3) is 0 Å². The minimum atomic E-state index is 0.605.